The summed E-state index contributed by atoms with van der Waals surface area (Å²) in [7, 11) is 0. The number of allylic oxidation sites excluding steroid dienone is 1. The number of aliphatic carboxylic acids is 1. The Morgan fingerprint density at radius 1 is 1.53 bits per heavy atom. The third-order valence-corrected chi connectivity index (χ3v) is 3.65. The highest BCUT2D eigenvalue weighted by Crippen LogP contribution is 2.48. The molecule has 1 aliphatic rings. The lowest BCUT2D eigenvalue weighted by molar-refractivity contribution is -0.147. The lowest BCUT2D eigenvalue weighted by atomic mass is 9.61. The molecule has 3 heteroatoms. The molecule has 2 N–H and O–H groups in total. The van der Waals surface area contributed by atoms with E-state index in [0.29, 0.717) is 0 Å². The van der Waals surface area contributed by atoms with Gasteiger partial charge in [0.05, 0.1) is 6.42 Å². The zero-order valence-corrected chi connectivity index (χ0v) is 9.71. The van der Waals surface area contributed by atoms with Crippen LogP contribution in [0.25, 0.3) is 0 Å². The Bertz CT molecular complexity index is 291. The van der Waals surface area contributed by atoms with Crippen molar-refractivity contribution in [2.24, 2.45) is 5.41 Å². The van der Waals surface area contributed by atoms with Crippen LogP contribution in [0.15, 0.2) is 11.6 Å². The molecule has 1 rings (SSSR count). The average molecular weight is 212 g/mol. The number of carboxylic acid groups (broad SMARTS) is 1. The van der Waals surface area contributed by atoms with Crippen LogP contribution in [0.1, 0.15) is 46.5 Å². The Morgan fingerprint density at radius 3 is 2.60 bits per heavy atom. The summed E-state index contributed by atoms with van der Waals surface area (Å²) in [5.74, 6) is -0.938. The zero-order valence-electron chi connectivity index (χ0n) is 9.71. The minimum Gasteiger partial charge on any atom is -0.481 e. The predicted octanol–water partition coefficient (Wildman–Crippen LogP) is 2.35. The highest BCUT2D eigenvalue weighted by Gasteiger charge is 2.49. The van der Waals surface area contributed by atoms with Crippen molar-refractivity contribution in [3.05, 3.63) is 11.6 Å². The molecular weight excluding hydrogens is 192 g/mol. The molecule has 0 aromatic rings. The molecular formula is C12H20O3. The van der Waals surface area contributed by atoms with Gasteiger partial charge in [0.15, 0.2) is 0 Å². The molecule has 3 nitrogen and oxygen atoms in total. The van der Waals surface area contributed by atoms with Gasteiger partial charge in [0.25, 0.3) is 0 Å². The Morgan fingerprint density at radius 2 is 2.13 bits per heavy atom. The van der Waals surface area contributed by atoms with E-state index in [1.54, 1.807) is 0 Å². The number of rotatable bonds is 2. The van der Waals surface area contributed by atoms with Crippen LogP contribution < -0.4 is 0 Å². The van der Waals surface area contributed by atoms with E-state index in [-0.39, 0.29) is 11.8 Å². The minimum absolute atomic E-state index is 0.195. The van der Waals surface area contributed by atoms with Crippen LogP contribution >= 0.6 is 0 Å². The number of carbonyl (C=O) groups is 1. The average Bonchev–Trinajstić information content (AvgIpc) is 2.08. The first-order chi connectivity index (χ1) is 6.83. The van der Waals surface area contributed by atoms with E-state index < -0.39 is 11.6 Å². The number of carboxylic acids is 1. The third kappa shape index (κ3) is 2.07. The normalized spacial score (nSPS) is 32.9. The monoisotopic (exact) mass is 212 g/mol. The fraction of sp³-hybridized carbons (Fsp3) is 0.750. The summed E-state index contributed by atoms with van der Waals surface area (Å²) in [4.78, 5) is 10.8. The maximum atomic E-state index is 10.8. The molecule has 0 spiro atoms. The predicted molar refractivity (Wildman–Crippen MR) is 58.6 cm³/mol. The van der Waals surface area contributed by atoms with Crippen molar-refractivity contribution in [1.29, 1.82) is 0 Å². The maximum Gasteiger partial charge on any atom is 0.306 e. The van der Waals surface area contributed by atoms with Crippen molar-refractivity contribution in [3.63, 3.8) is 0 Å². The van der Waals surface area contributed by atoms with Gasteiger partial charge in [0.2, 0.25) is 0 Å². The fourth-order valence-electron chi connectivity index (χ4n) is 2.52. The van der Waals surface area contributed by atoms with E-state index >= 15 is 0 Å². The molecule has 0 radical (unpaired) electrons. The van der Waals surface area contributed by atoms with E-state index in [4.69, 9.17) is 5.11 Å². The van der Waals surface area contributed by atoms with Gasteiger partial charge in [-0.05, 0) is 37.2 Å². The van der Waals surface area contributed by atoms with Gasteiger partial charge in [-0.1, -0.05) is 19.9 Å². The first-order valence-corrected chi connectivity index (χ1v) is 5.43. The molecule has 1 fully saturated rings. The standard InChI is InChI=1S/C12H20O3/c1-4-9-6-5-7-11(2,3)12(9,15)8-10(13)14/h4,15H,5-8H2,1-3H3,(H,13,14)/b9-4+/t12-/m1/s1. The van der Waals surface area contributed by atoms with Crippen LogP contribution in [-0.2, 0) is 4.79 Å². The number of hydrogen-bond donors (Lipinski definition) is 2. The van der Waals surface area contributed by atoms with Gasteiger partial charge in [0.1, 0.15) is 5.60 Å². The van der Waals surface area contributed by atoms with E-state index in [1.165, 1.54) is 0 Å². The van der Waals surface area contributed by atoms with Crippen molar-refractivity contribution in [2.75, 3.05) is 0 Å². The second-order valence-corrected chi connectivity index (χ2v) is 4.98. The highest BCUT2D eigenvalue weighted by molar-refractivity contribution is 5.69. The van der Waals surface area contributed by atoms with Crippen molar-refractivity contribution < 1.29 is 15.0 Å². The molecule has 0 amide bonds. The molecule has 0 unspecified atom stereocenters. The maximum absolute atomic E-state index is 10.8. The number of aliphatic hydroxyl groups is 1. The molecule has 0 saturated heterocycles. The molecule has 0 aromatic heterocycles. The quantitative estimate of drug-likeness (QED) is 0.691. The summed E-state index contributed by atoms with van der Waals surface area (Å²) in [5, 5.41) is 19.5. The Labute approximate surface area is 90.8 Å². The van der Waals surface area contributed by atoms with Crippen LogP contribution in [0.2, 0.25) is 0 Å². The zero-order chi connectivity index (χ0) is 11.7. The van der Waals surface area contributed by atoms with Crippen molar-refractivity contribution >= 4 is 5.97 Å². The summed E-state index contributed by atoms with van der Waals surface area (Å²) in [6.07, 6.45) is 4.37. The van der Waals surface area contributed by atoms with E-state index in [0.717, 1.165) is 24.8 Å². The van der Waals surface area contributed by atoms with Gasteiger partial charge in [-0.25, -0.2) is 0 Å². The van der Waals surface area contributed by atoms with E-state index in [9.17, 15) is 9.90 Å². The summed E-state index contributed by atoms with van der Waals surface area (Å²) in [6.45, 7) is 5.75. The molecule has 0 aromatic carbocycles. The molecule has 0 heterocycles. The SMILES string of the molecule is C/C=C1\CCCC(C)(C)[C@@]1(O)CC(=O)O. The number of hydrogen-bond acceptors (Lipinski definition) is 2. The van der Waals surface area contributed by atoms with Crippen LogP contribution in [0, 0.1) is 5.41 Å². The summed E-state index contributed by atoms with van der Waals surface area (Å²) in [6, 6.07) is 0. The highest BCUT2D eigenvalue weighted by atomic mass is 16.4. The van der Waals surface area contributed by atoms with Gasteiger partial charge < -0.3 is 10.2 Å². The van der Waals surface area contributed by atoms with Gasteiger partial charge in [-0.3, -0.25) is 4.79 Å². The van der Waals surface area contributed by atoms with Gasteiger partial charge >= 0.3 is 5.97 Å². The summed E-state index contributed by atoms with van der Waals surface area (Å²) < 4.78 is 0. The van der Waals surface area contributed by atoms with Gasteiger partial charge in [0, 0.05) is 0 Å². The first kappa shape index (κ1) is 12.2. The topological polar surface area (TPSA) is 57.5 Å². The molecule has 1 atom stereocenters. The molecule has 15 heavy (non-hydrogen) atoms. The molecule has 86 valence electrons. The molecule has 0 aliphatic heterocycles. The van der Waals surface area contributed by atoms with Crippen LogP contribution in [0.5, 0.6) is 0 Å². The molecule has 1 aliphatic carbocycles. The molecule has 1 saturated carbocycles. The first-order valence-electron chi connectivity index (χ1n) is 5.43. The van der Waals surface area contributed by atoms with Crippen LogP contribution in [0.3, 0.4) is 0 Å². The lowest BCUT2D eigenvalue weighted by Crippen LogP contribution is -2.50. The van der Waals surface area contributed by atoms with Crippen LogP contribution in [-0.4, -0.2) is 21.8 Å². The Balaban J connectivity index is 3.08. The minimum atomic E-state index is -1.17. The third-order valence-electron chi connectivity index (χ3n) is 3.65. The molecule has 0 bridgehead atoms. The van der Waals surface area contributed by atoms with Crippen molar-refractivity contribution in [2.45, 2.75) is 52.1 Å². The largest absolute Gasteiger partial charge is 0.481 e. The van der Waals surface area contributed by atoms with Gasteiger partial charge in [-0.15, -0.1) is 0 Å². The van der Waals surface area contributed by atoms with Crippen molar-refractivity contribution in [3.8, 4) is 0 Å². The summed E-state index contributed by atoms with van der Waals surface area (Å²) in [5.41, 5.74) is -0.654. The van der Waals surface area contributed by atoms with E-state index in [1.807, 2.05) is 26.8 Å². The Hall–Kier alpha value is -0.830. The lowest BCUT2D eigenvalue weighted by Gasteiger charge is -2.47. The Kier molecular flexibility index (Phi) is 3.24. The second kappa shape index (κ2) is 3.97. The fourth-order valence-corrected chi connectivity index (χ4v) is 2.52. The smallest absolute Gasteiger partial charge is 0.306 e. The summed E-state index contributed by atoms with van der Waals surface area (Å²) >= 11 is 0. The van der Waals surface area contributed by atoms with E-state index in [2.05, 4.69) is 0 Å². The second-order valence-electron chi connectivity index (χ2n) is 4.98. The van der Waals surface area contributed by atoms with Crippen LogP contribution in [0.4, 0.5) is 0 Å². The van der Waals surface area contributed by atoms with Gasteiger partial charge in [-0.2, -0.15) is 0 Å². The van der Waals surface area contributed by atoms with Crippen molar-refractivity contribution in [1.82, 2.24) is 0 Å².